The Hall–Kier alpha value is -2.63. The van der Waals surface area contributed by atoms with Gasteiger partial charge in [-0.15, -0.1) is 0 Å². The van der Waals surface area contributed by atoms with Crippen molar-refractivity contribution in [2.24, 2.45) is 0 Å². The third kappa shape index (κ3) is 5.05. The molecule has 1 atom stereocenters. The van der Waals surface area contributed by atoms with Crippen LogP contribution >= 0.6 is 0 Å². The van der Waals surface area contributed by atoms with Crippen LogP contribution in [0.2, 0.25) is 0 Å². The van der Waals surface area contributed by atoms with E-state index in [9.17, 15) is 4.79 Å². The maximum absolute atomic E-state index is 12.9. The van der Waals surface area contributed by atoms with Gasteiger partial charge in [0, 0.05) is 42.7 Å². The number of aryl methyl sites for hydroxylation is 1. The summed E-state index contributed by atoms with van der Waals surface area (Å²) >= 11 is 0. The van der Waals surface area contributed by atoms with Crippen molar-refractivity contribution in [2.75, 3.05) is 34.8 Å². The van der Waals surface area contributed by atoms with Crippen molar-refractivity contribution in [1.82, 2.24) is 9.97 Å². The normalized spacial score (nSPS) is 16.6. The van der Waals surface area contributed by atoms with Crippen LogP contribution in [0, 0.1) is 6.92 Å². The molecule has 6 nitrogen and oxygen atoms in total. The van der Waals surface area contributed by atoms with E-state index >= 15 is 0 Å². The first-order chi connectivity index (χ1) is 14.0. The summed E-state index contributed by atoms with van der Waals surface area (Å²) in [6.07, 6.45) is 4.62. The molecule has 1 saturated heterocycles. The molecular weight excluding hydrogens is 362 g/mol. The van der Waals surface area contributed by atoms with Crippen LogP contribution in [0.4, 0.5) is 17.3 Å². The second kappa shape index (κ2) is 9.72. The summed E-state index contributed by atoms with van der Waals surface area (Å²) in [6, 6.07) is 10.2. The zero-order valence-electron chi connectivity index (χ0n) is 18.1. The van der Waals surface area contributed by atoms with Crippen LogP contribution < -0.4 is 15.1 Å². The van der Waals surface area contributed by atoms with Crippen molar-refractivity contribution in [3.05, 3.63) is 41.7 Å². The zero-order valence-corrected chi connectivity index (χ0v) is 18.1. The molecule has 1 aliphatic rings. The van der Waals surface area contributed by atoms with E-state index in [0.29, 0.717) is 17.7 Å². The Labute approximate surface area is 174 Å². The van der Waals surface area contributed by atoms with Gasteiger partial charge in [-0.05, 0) is 76.8 Å². The van der Waals surface area contributed by atoms with E-state index in [-0.39, 0.29) is 5.91 Å². The number of rotatable bonds is 7. The van der Waals surface area contributed by atoms with E-state index in [0.717, 1.165) is 56.0 Å². The van der Waals surface area contributed by atoms with Crippen LogP contribution in [0.15, 0.2) is 30.3 Å². The summed E-state index contributed by atoms with van der Waals surface area (Å²) < 4.78 is 0. The van der Waals surface area contributed by atoms with Gasteiger partial charge >= 0.3 is 0 Å². The molecular formula is C23H33N5O. The fourth-order valence-corrected chi connectivity index (χ4v) is 4.03. The molecule has 1 aromatic heterocycles. The zero-order chi connectivity index (χ0) is 20.8. The van der Waals surface area contributed by atoms with Crippen molar-refractivity contribution in [3.8, 4) is 0 Å². The SMILES string of the molecule is CCC1CCCCN1c1nc(C)cc(C(=O)Nc2ccc(N(CC)CC)cc2)n1. The van der Waals surface area contributed by atoms with Crippen molar-refractivity contribution in [1.29, 1.82) is 0 Å². The van der Waals surface area contributed by atoms with Gasteiger partial charge in [0.25, 0.3) is 5.91 Å². The average molecular weight is 396 g/mol. The Morgan fingerprint density at radius 2 is 1.86 bits per heavy atom. The van der Waals surface area contributed by atoms with Gasteiger partial charge < -0.3 is 15.1 Å². The number of carbonyl (C=O) groups excluding carboxylic acids is 1. The molecule has 1 N–H and O–H groups in total. The van der Waals surface area contributed by atoms with E-state index in [1.807, 2.05) is 31.2 Å². The summed E-state index contributed by atoms with van der Waals surface area (Å²) in [5, 5.41) is 2.98. The Balaban J connectivity index is 1.76. The van der Waals surface area contributed by atoms with Gasteiger partial charge in [-0.1, -0.05) is 6.92 Å². The highest BCUT2D eigenvalue weighted by Gasteiger charge is 2.24. The molecule has 29 heavy (non-hydrogen) atoms. The van der Waals surface area contributed by atoms with E-state index in [1.54, 1.807) is 6.07 Å². The van der Waals surface area contributed by atoms with E-state index in [1.165, 1.54) is 6.42 Å². The smallest absolute Gasteiger partial charge is 0.274 e. The van der Waals surface area contributed by atoms with Crippen LogP contribution in [0.3, 0.4) is 0 Å². The topological polar surface area (TPSA) is 61.4 Å². The molecule has 3 rings (SSSR count). The highest BCUT2D eigenvalue weighted by atomic mass is 16.1. The summed E-state index contributed by atoms with van der Waals surface area (Å²) in [5.74, 6) is 0.482. The molecule has 0 spiro atoms. The first-order valence-electron chi connectivity index (χ1n) is 10.8. The number of hydrogen-bond acceptors (Lipinski definition) is 5. The molecule has 0 radical (unpaired) electrons. The molecule has 0 saturated carbocycles. The lowest BCUT2D eigenvalue weighted by Crippen LogP contribution is -2.40. The quantitative estimate of drug-likeness (QED) is 0.739. The van der Waals surface area contributed by atoms with Gasteiger partial charge in [0.15, 0.2) is 0 Å². The lowest BCUT2D eigenvalue weighted by Gasteiger charge is -2.35. The standard InChI is InChI=1S/C23H33N5O/c1-5-19-10-8-9-15-28(19)23-24-17(4)16-21(26-23)22(29)25-18-11-13-20(14-12-18)27(6-2)7-3/h11-14,16,19H,5-10,15H2,1-4H3,(H,25,29). The molecule has 2 aromatic rings. The third-order valence-corrected chi connectivity index (χ3v) is 5.68. The molecule has 1 amide bonds. The number of hydrogen-bond donors (Lipinski definition) is 1. The molecule has 6 heteroatoms. The maximum Gasteiger partial charge on any atom is 0.274 e. The average Bonchev–Trinajstić information content (AvgIpc) is 2.75. The van der Waals surface area contributed by atoms with Crippen LogP contribution in [0.5, 0.6) is 0 Å². The van der Waals surface area contributed by atoms with Gasteiger partial charge in [0.05, 0.1) is 0 Å². The molecule has 0 bridgehead atoms. The first-order valence-corrected chi connectivity index (χ1v) is 10.8. The van der Waals surface area contributed by atoms with Crippen LogP contribution in [-0.4, -0.2) is 41.6 Å². The molecule has 1 aliphatic heterocycles. The molecule has 0 aliphatic carbocycles. The number of piperidine rings is 1. The van der Waals surface area contributed by atoms with Crippen molar-refractivity contribution >= 4 is 23.2 Å². The second-order valence-corrected chi connectivity index (χ2v) is 7.62. The van der Waals surface area contributed by atoms with E-state index in [2.05, 4.69) is 45.9 Å². The Morgan fingerprint density at radius 3 is 2.52 bits per heavy atom. The Bertz CT molecular complexity index is 817. The summed E-state index contributed by atoms with van der Waals surface area (Å²) in [5.41, 5.74) is 3.16. The van der Waals surface area contributed by atoms with Crippen molar-refractivity contribution < 1.29 is 4.79 Å². The number of nitrogens with one attached hydrogen (secondary N) is 1. The number of anilines is 3. The summed E-state index contributed by atoms with van der Waals surface area (Å²) in [6.45, 7) is 11.3. The number of benzene rings is 1. The minimum absolute atomic E-state index is 0.197. The lowest BCUT2D eigenvalue weighted by atomic mass is 10.0. The fraction of sp³-hybridized carbons (Fsp3) is 0.522. The van der Waals surface area contributed by atoms with Crippen LogP contribution in [0.25, 0.3) is 0 Å². The Kier molecular flexibility index (Phi) is 7.07. The second-order valence-electron chi connectivity index (χ2n) is 7.62. The van der Waals surface area contributed by atoms with E-state index < -0.39 is 0 Å². The van der Waals surface area contributed by atoms with Gasteiger partial charge in [-0.3, -0.25) is 4.79 Å². The number of carbonyl (C=O) groups is 1. The van der Waals surface area contributed by atoms with Crippen LogP contribution in [0.1, 0.15) is 62.6 Å². The highest BCUT2D eigenvalue weighted by Crippen LogP contribution is 2.24. The molecule has 1 unspecified atom stereocenters. The molecule has 156 valence electrons. The van der Waals surface area contributed by atoms with Gasteiger partial charge in [0.1, 0.15) is 5.69 Å². The Morgan fingerprint density at radius 1 is 1.14 bits per heavy atom. The number of amides is 1. The van der Waals surface area contributed by atoms with Crippen molar-refractivity contribution in [3.63, 3.8) is 0 Å². The minimum atomic E-state index is -0.197. The predicted octanol–water partition coefficient (Wildman–Crippen LogP) is 4.65. The molecule has 1 aromatic carbocycles. The van der Waals surface area contributed by atoms with Gasteiger partial charge in [0.2, 0.25) is 5.95 Å². The lowest BCUT2D eigenvalue weighted by molar-refractivity contribution is 0.102. The largest absolute Gasteiger partial charge is 0.372 e. The molecule has 2 heterocycles. The summed E-state index contributed by atoms with van der Waals surface area (Å²) in [7, 11) is 0. The number of aromatic nitrogens is 2. The minimum Gasteiger partial charge on any atom is -0.372 e. The van der Waals surface area contributed by atoms with Crippen LogP contribution in [-0.2, 0) is 0 Å². The fourth-order valence-electron chi connectivity index (χ4n) is 4.03. The van der Waals surface area contributed by atoms with Gasteiger partial charge in [-0.2, -0.15) is 0 Å². The number of nitrogens with zero attached hydrogens (tertiary/aromatic N) is 4. The van der Waals surface area contributed by atoms with E-state index in [4.69, 9.17) is 0 Å². The first kappa shape index (κ1) is 21.1. The third-order valence-electron chi connectivity index (χ3n) is 5.68. The molecule has 1 fully saturated rings. The predicted molar refractivity (Wildman–Crippen MR) is 120 cm³/mol. The monoisotopic (exact) mass is 395 g/mol. The summed E-state index contributed by atoms with van der Waals surface area (Å²) in [4.78, 5) is 26.6. The maximum atomic E-state index is 12.9. The van der Waals surface area contributed by atoms with Gasteiger partial charge in [-0.25, -0.2) is 9.97 Å². The van der Waals surface area contributed by atoms with Crippen molar-refractivity contribution in [2.45, 2.75) is 59.4 Å². The highest BCUT2D eigenvalue weighted by molar-refractivity contribution is 6.03.